The van der Waals surface area contributed by atoms with E-state index in [1.165, 1.54) is 22.1 Å². The Balaban J connectivity index is 2.10. The molecule has 6 heteroatoms. The van der Waals surface area contributed by atoms with Crippen molar-refractivity contribution in [3.63, 3.8) is 0 Å². The van der Waals surface area contributed by atoms with E-state index in [1.54, 1.807) is 11.3 Å². The lowest BCUT2D eigenvalue weighted by molar-refractivity contribution is 0.0934. The highest BCUT2D eigenvalue weighted by atomic mass is 35.5. The third-order valence-corrected chi connectivity index (χ3v) is 3.92. The van der Waals surface area contributed by atoms with Gasteiger partial charge in [0.05, 0.1) is 18.4 Å². The minimum atomic E-state index is -0.250. The van der Waals surface area contributed by atoms with Crippen LogP contribution in [0, 0.1) is 13.8 Å². The van der Waals surface area contributed by atoms with E-state index in [0.717, 1.165) is 5.56 Å². The summed E-state index contributed by atoms with van der Waals surface area (Å²) in [6, 6.07) is 2.04. The Hall–Kier alpha value is -1.46. The topological polar surface area (TPSA) is 54.9 Å². The van der Waals surface area contributed by atoms with Crippen LogP contribution in [0.25, 0.3) is 0 Å². The van der Waals surface area contributed by atoms with Crippen LogP contribution in [-0.2, 0) is 0 Å². The smallest absolute Gasteiger partial charge is 0.271 e. The summed E-state index contributed by atoms with van der Waals surface area (Å²) in [5.74, 6) is -0.250. The van der Waals surface area contributed by atoms with Gasteiger partial charge in [0.2, 0.25) is 0 Å². The van der Waals surface area contributed by atoms with Crippen LogP contribution in [0.15, 0.2) is 18.5 Å². The van der Waals surface area contributed by atoms with E-state index in [4.69, 9.17) is 11.6 Å². The number of thiophene rings is 1. The predicted molar refractivity (Wildman–Crippen MR) is 76.7 cm³/mol. The molecular weight excluding hydrogens is 282 g/mol. The second-order valence-corrected chi connectivity index (χ2v) is 6.14. The lowest BCUT2D eigenvalue weighted by Crippen LogP contribution is -2.27. The van der Waals surface area contributed by atoms with Gasteiger partial charge in [0, 0.05) is 9.75 Å². The van der Waals surface area contributed by atoms with Gasteiger partial charge in [-0.05, 0) is 32.4 Å². The van der Waals surface area contributed by atoms with Crippen LogP contribution in [-0.4, -0.2) is 15.9 Å². The Morgan fingerprint density at radius 2 is 2.11 bits per heavy atom. The quantitative estimate of drug-likeness (QED) is 0.945. The molecule has 1 amide bonds. The van der Waals surface area contributed by atoms with E-state index in [9.17, 15) is 4.79 Å². The zero-order valence-electron chi connectivity index (χ0n) is 10.9. The zero-order valence-corrected chi connectivity index (χ0v) is 12.5. The molecule has 2 rings (SSSR count). The summed E-state index contributed by atoms with van der Waals surface area (Å²) in [7, 11) is 0. The van der Waals surface area contributed by atoms with Crippen molar-refractivity contribution in [3.05, 3.63) is 44.6 Å². The summed E-state index contributed by atoms with van der Waals surface area (Å²) >= 11 is 7.36. The molecule has 0 aliphatic carbocycles. The summed E-state index contributed by atoms with van der Waals surface area (Å²) in [5.41, 5.74) is 1.40. The third-order valence-electron chi connectivity index (χ3n) is 2.75. The first-order valence-electron chi connectivity index (χ1n) is 5.82. The van der Waals surface area contributed by atoms with Crippen molar-refractivity contribution in [2.75, 3.05) is 0 Å². The molecule has 1 atom stereocenters. The Morgan fingerprint density at radius 1 is 1.37 bits per heavy atom. The van der Waals surface area contributed by atoms with Crippen molar-refractivity contribution in [1.82, 2.24) is 15.3 Å². The fourth-order valence-electron chi connectivity index (χ4n) is 1.86. The summed E-state index contributed by atoms with van der Waals surface area (Å²) in [4.78, 5) is 22.3. The monoisotopic (exact) mass is 295 g/mol. The minimum absolute atomic E-state index is 0.0603. The number of hydrogen-bond donors (Lipinski definition) is 1. The van der Waals surface area contributed by atoms with Gasteiger partial charge in [-0.25, -0.2) is 9.97 Å². The SMILES string of the molecule is Cc1cc(C(C)NC(=O)c2cnc(Cl)cn2)c(C)s1. The minimum Gasteiger partial charge on any atom is -0.344 e. The molecule has 0 aromatic carbocycles. The molecule has 0 fully saturated rings. The van der Waals surface area contributed by atoms with Gasteiger partial charge in [-0.1, -0.05) is 11.6 Å². The first-order chi connectivity index (χ1) is 8.97. The van der Waals surface area contributed by atoms with E-state index in [1.807, 2.05) is 6.92 Å². The zero-order chi connectivity index (χ0) is 14.0. The van der Waals surface area contributed by atoms with Gasteiger partial charge in [0.25, 0.3) is 5.91 Å². The molecule has 0 radical (unpaired) electrons. The maximum absolute atomic E-state index is 12.0. The van der Waals surface area contributed by atoms with Gasteiger partial charge in [-0.2, -0.15) is 0 Å². The molecule has 0 saturated carbocycles. The predicted octanol–water partition coefficient (Wildman–Crippen LogP) is 3.30. The fraction of sp³-hybridized carbons (Fsp3) is 0.308. The number of amides is 1. The Kier molecular flexibility index (Phi) is 4.17. The van der Waals surface area contributed by atoms with E-state index < -0.39 is 0 Å². The Labute approximate surface area is 120 Å². The molecule has 4 nitrogen and oxygen atoms in total. The molecule has 1 unspecified atom stereocenters. The maximum atomic E-state index is 12.0. The summed E-state index contributed by atoms with van der Waals surface area (Å²) in [6.45, 7) is 6.06. The normalized spacial score (nSPS) is 12.2. The molecule has 0 aliphatic rings. The number of halogens is 1. The molecule has 2 aromatic heterocycles. The van der Waals surface area contributed by atoms with Crippen LogP contribution >= 0.6 is 22.9 Å². The van der Waals surface area contributed by atoms with Crippen LogP contribution in [0.2, 0.25) is 5.15 Å². The molecule has 0 bridgehead atoms. The lowest BCUT2D eigenvalue weighted by Gasteiger charge is -2.13. The molecule has 19 heavy (non-hydrogen) atoms. The van der Waals surface area contributed by atoms with Gasteiger partial charge >= 0.3 is 0 Å². The van der Waals surface area contributed by atoms with E-state index in [-0.39, 0.29) is 22.8 Å². The first-order valence-corrected chi connectivity index (χ1v) is 7.02. The van der Waals surface area contributed by atoms with Crippen molar-refractivity contribution in [2.45, 2.75) is 26.8 Å². The van der Waals surface area contributed by atoms with Gasteiger partial charge < -0.3 is 5.32 Å². The lowest BCUT2D eigenvalue weighted by atomic mass is 10.1. The third kappa shape index (κ3) is 3.30. The molecule has 0 spiro atoms. The van der Waals surface area contributed by atoms with Gasteiger partial charge in [0.1, 0.15) is 10.8 Å². The van der Waals surface area contributed by atoms with Crippen LogP contribution in [0.5, 0.6) is 0 Å². The van der Waals surface area contributed by atoms with Crippen LogP contribution < -0.4 is 5.32 Å². The number of rotatable bonds is 3. The highest BCUT2D eigenvalue weighted by molar-refractivity contribution is 7.12. The van der Waals surface area contributed by atoms with E-state index in [2.05, 4.69) is 35.2 Å². The van der Waals surface area contributed by atoms with E-state index in [0.29, 0.717) is 0 Å². The maximum Gasteiger partial charge on any atom is 0.271 e. The van der Waals surface area contributed by atoms with Gasteiger partial charge in [0.15, 0.2) is 0 Å². The molecular formula is C13H14ClN3OS. The molecule has 1 N–H and O–H groups in total. The summed E-state index contributed by atoms with van der Waals surface area (Å²) in [5, 5.41) is 3.18. The Morgan fingerprint density at radius 3 is 2.63 bits per heavy atom. The molecule has 2 aromatic rings. The van der Waals surface area contributed by atoms with E-state index >= 15 is 0 Å². The number of aromatic nitrogens is 2. The number of carbonyl (C=O) groups is 1. The van der Waals surface area contributed by atoms with Gasteiger partial charge in [-0.3, -0.25) is 4.79 Å². The molecule has 0 aliphatic heterocycles. The molecule has 100 valence electrons. The average molecular weight is 296 g/mol. The number of hydrogen-bond acceptors (Lipinski definition) is 4. The number of nitrogens with zero attached hydrogens (tertiary/aromatic N) is 2. The van der Waals surface area contributed by atoms with Crippen molar-refractivity contribution in [2.24, 2.45) is 0 Å². The van der Waals surface area contributed by atoms with Crippen LogP contribution in [0.1, 0.15) is 38.8 Å². The fourth-order valence-corrected chi connectivity index (χ4v) is 2.98. The first kappa shape index (κ1) is 14.0. The number of carbonyl (C=O) groups excluding carboxylic acids is 1. The highest BCUT2D eigenvalue weighted by Crippen LogP contribution is 2.26. The number of aryl methyl sites for hydroxylation is 2. The van der Waals surface area contributed by atoms with Crippen molar-refractivity contribution >= 4 is 28.8 Å². The van der Waals surface area contributed by atoms with Crippen molar-refractivity contribution in [1.29, 1.82) is 0 Å². The highest BCUT2D eigenvalue weighted by Gasteiger charge is 2.15. The van der Waals surface area contributed by atoms with Crippen molar-refractivity contribution < 1.29 is 4.79 Å². The molecule has 0 saturated heterocycles. The second kappa shape index (κ2) is 5.67. The standard InChI is InChI=1S/C13H14ClN3OS/c1-7-4-10(9(3)19-7)8(2)17-13(18)11-5-16-12(14)6-15-11/h4-6,8H,1-3H3,(H,17,18). The average Bonchev–Trinajstić information content (AvgIpc) is 2.69. The number of nitrogens with one attached hydrogen (secondary N) is 1. The van der Waals surface area contributed by atoms with Crippen LogP contribution in [0.3, 0.4) is 0 Å². The second-order valence-electron chi connectivity index (χ2n) is 4.29. The summed E-state index contributed by atoms with van der Waals surface area (Å²) < 4.78 is 0. The van der Waals surface area contributed by atoms with Gasteiger partial charge in [-0.15, -0.1) is 11.3 Å². The largest absolute Gasteiger partial charge is 0.344 e. The van der Waals surface area contributed by atoms with Crippen LogP contribution in [0.4, 0.5) is 0 Å². The molecule has 2 heterocycles. The van der Waals surface area contributed by atoms with Crippen molar-refractivity contribution in [3.8, 4) is 0 Å². The summed E-state index contributed by atoms with van der Waals surface area (Å²) in [6.07, 6.45) is 2.73. The Bertz CT molecular complexity index is 594.